The van der Waals surface area contributed by atoms with Gasteiger partial charge in [-0.15, -0.1) is 0 Å². The van der Waals surface area contributed by atoms with E-state index in [0.29, 0.717) is 34.8 Å². The normalized spacial score (nSPS) is 16.5. The first-order chi connectivity index (χ1) is 15.0. The number of benzene rings is 2. The van der Waals surface area contributed by atoms with Crippen molar-refractivity contribution in [2.24, 2.45) is 0 Å². The SMILES string of the molecule is O=C(CN1C(=O)C(=O)N(Cc2ccccc2)C1=O)Nc1ccccc1N1CCCC1=O. The first-order valence-corrected chi connectivity index (χ1v) is 9.86. The maximum Gasteiger partial charge on any atom is 0.335 e. The summed E-state index contributed by atoms with van der Waals surface area (Å²) in [5, 5.41) is 2.65. The van der Waals surface area contributed by atoms with E-state index in [9.17, 15) is 24.0 Å². The van der Waals surface area contributed by atoms with Crippen LogP contribution < -0.4 is 10.2 Å². The van der Waals surface area contributed by atoms with Gasteiger partial charge in [-0.1, -0.05) is 42.5 Å². The second-order valence-electron chi connectivity index (χ2n) is 7.27. The number of hydrogen-bond acceptors (Lipinski definition) is 5. The zero-order valence-corrected chi connectivity index (χ0v) is 16.6. The van der Waals surface area contributed by atoms with Gasteiger partial charge in [0.25, 0.3) is 0 Å². The summed E-state index contributed by atoms with van der Waals surface area (Å²) in [7, 11) is 0. The third kappa shape index (κ3) is 4.02. The molecule has 9 heteroatoms. The van der Waals surface area contributed by atoms with Gasteiger partial charge in [0.1, 0.15) is 6.54 Å². The van der Waals surface area contributed by atoms with E-state index in [1.807, 2.05) is 0 Å². The predicted octanol–water partition coefficient (Wildman–Crippen LogP) is 1.74. The van der Waals surface area contributed by atoms with Crippen LogP contribution >= 0.6 is 0 Å². The standard InChI is InChI=1S/C22H20N4O5/c27-18(23-16-9-4-5-10-17(16)24-12-6-11-19(24)28)14-26-21(30)20(29)25(22(26)31)13-15-7-2-1-3-8-15/h1-5,7-10H,6,11-14H2,(H,23,27). The lowest BCUT2D eigenvalue weighted by atomic mass is 10.2. The van der Waals surface area contributed by atoms with Gasteiger partial charge < -0.3 is 10.2 Å². The lowest BCUT2D eigenvalue weighted by molar-refractivity contribution is -0.143. The molecule has 2 aromatic rings. The highest BCUT2D eigenvalue weighted by molar-refractivity contribution is 6.45. The van der Waals surface area contributed by atoms with Crippen molar-refractivity contribution in [3.63, 3.8) is 0 Å². The van der Waals surface area contributed by atoms with Gasteiger partial charge in [0.2, 0.25) is 11.8 Å². The molecule has 0 saturated carbocycles. The summed E-state index contributed by atoms with van der Waals surface area (Å²) in [6.07, 6.45) is 1.18. The van der Waals surface area contributed by atoms with E-state index in [2.05, 4.69) is 5.32 Å². The van der Waals surface area contributed by atoms with Crippen LogP contribution in [0.2, 0.25) is 0 Å². The Morgan fingerprint density at radius 3 is 2.26 bits per heavy atom. The molecule has 1 N–H and O–H groups in total. The average Bonchev–Trinajstić information content (AvgIpc) is 3.28. The van der Waals surface area contributed by atoms with Gasteiger partial charge in [0, 0.05) is 13.0 Å². The van der Waals surface area contributed by atoms with Crippen LogP contribution in [0.3, 0.4) is 0 Å². The molecule has 0 bridgehead atoms. The van der Waals surface area contributed by atoms with Crippen molar-refractivity contribution < 1.29 is 24.0 Å². The number of hydrogen-bond donors (Lipinski definition) is 1. The Bertz CT molecular complexity index is 1070. The van der Waals surface area contributed by atoms with Crippen molar-refractivity contribution in [1.82, 2.24) is 9.80 Å². The molecule has 2 fully saturated rings. The lowest BCUT2D eigenvalue weighted by Crippen LogP contribution is -2.39. The smallest absolute Gasteiger partial charge is 0.323 e. The molecule has 2 heterocycles. The Morgan fingerprint density at radius 2 is 1.55 bits per heavy atom. The first kappa shape index (κ1) is 20.3. The molecular weight excluding hydrogens is 400 g/mol. The molecule has 0 aliphatic carbocycles. The highest BCUT2D eigenvalue weighted by Crippen LogP contribution is 2.29. The molecule has 31 heavy (non-hydrogen) atoms. The summed E-state index contributed by atoms with van der Waals surface area (Å²) in [6, 6.07) is 14.8. The van der Waals surface area contributed by atoms with Crippen molar-refractivity contribution in [2.45, 2.75) is 19.4 Å². The van der Waals surface area contributed by atoms with E-state index in [1.165, 1.54) is 0 Å². The van der Waals surface area contributed by atoms with Gasteiger partial charge in [0.05, 0.1) is 17.9 Å². The Hall–Kier alpha value is -4.01. The monoisotopic (exact) mass is 420 g/mol. The molecule has 2 aromatic carbocycles. The summed E-state index contributed by atoms with van der Waals surface area (Å²) in [5.41, 5.74) is 1.64. The molecule has 9 nitrogen and oxygen atoms in total. The average molecular weight is 420 g/mol. The zero-order valence-electron chi connectivity index (χ0n) is 16.6. The summed E-state index contributed by atoms with van der Waals surface area (Å²) in [5.74, 6) is -2.69. The Morgan fingerprint density at radius 1 is 0.871 bits per heavy atom. The highest BCUT2D eigenvalue weighted by atomic mass is 16.2. The molecule has 0 spiro atoms. The number of rotatable bonds is 6. The van der Waals surface area contributed by atoms with E-state index >= 15 is 0 Å². The Kier molecular flexibility index (Phi) is 5.48. The van der Waals surface area contributed by atoms with Gasteiger partial charge in [-0.3, -0.25) is 24.1 Å². The van der Waals surface area contributed by atoms with Crippen molar-refractivity contribution in [3.8, 4) is 0 Å². The van der Waals surface area contributed by atoms with Crippen LogP contribution in [0.1, 0.15) is 18.4 Å². The molecule has 6 amide bonds. The van der Waals surface area contributed by atoms with Gasteiger partial charge >= 0.3 is 17.8 Å². The van der Waals surface area contributed by atoms with Crippen LogP contribution in [-0.4, -0.2) is 52.5 Å². The minimum absolute atomic E-state index is 0.0336. The van der Waals surface area contributed by atoms with Gasteiger partial charge in [0.15, 0.2) is 0 Å². The van der Waals surface area contributed by atoms with Crippen molar-refractivity contribution in [1.29, 1.82) is 0 Å². The van der Waals surface area contributed by atoms with Crippen LogP contribution in [0.15, 0.2) is 54.6 Å². The molecule has 0 atom stereocenters. The Labute approximate surface area is 178 Å². The van der Waals surface area contributed by atoms with E-state index in [4.69, 9.17) is 0 Å². The number of anilines is 2. The predicted molar refractivity (Wildman–Crippen MR) is 111 cm³/mol. The molecule has 0 unspecified atom stereocenters. The van der Waals surface area contributed by atoms with Crippen molar-refractivity contribution in [3.05, 3.63) is 60.2 Å². The minimum Gasteiger partial charge on any atom is -0.323 e. The van der Waals surface area contributed by atoms with Crippen LogP contribution in [0.4, 0.5) is 16.2 Å². The highest BCUT2D eigenvalue weighted by Gasteiger charge is 2.45. The second kappa shape index (κ2) is 8.39. The molecule has 0 radical (unpaired) electrons. The number of nitrogens with zero attached hydrogens (tertiary/aromatic N) is 3. The molecule has 2 saturated heterocycles. The number of imide groups is 2. The lowest BCUT2D eigenvalue weighted by Gasteiger charge is -2.20. The van der Waals surface area contributed by atoms with E-state index in [-0.39, 0.29) is 12.5 Å². The Balaban J connectivity index is 1.46. The fraction of sp³-hybridized carbons (Fsp3) is 0.227. The van der Waals surface area contributed by atoms with Crippen LogP contribution in [0.5, 0.6) is 0 Å². The number of para-hydroxylation sites is 2. The molecule has 2 aliphatic heterocycles. The maximum atomic E-state index is 12.6. The fourth-order valence-corrected chi connectivity index (χ4v) is 3.65. The molecule has 4 rings (SSSR count). The number of nitrogens with one attached hydrogen (secondary N) is 1. The van der Waals surface area contributed by atoms with Crippen LogP contribution in [-0.2, 0) is 25.7 Å². The number of amides is 6. The summed E-state index contributed by atoms with van der Waals surface area (Å²) >= 11 is 0. The summed E-state index contributed by atoms with van der Waals surface area (Å²) in [4.78, 5) is 64.9. The van der Waals surface area contributed by atoms with Crippen molar-refractivity contribution in [2.75, 3.05) is 23.3 Å². The van der Waals surface area contributed by atoms with Gasteiger partial charge in [-0.25, -0.2) is 9.69 Å². The molecule has 0 aromatic heterocycles. The van der Waals surface area contributed by atoms with Crippen molar-refractivity contribution >= 4 is 41.0 Å². The largest absolute Gasteiger partial charge is 0.335 e. The van der Waals surface area contributed by atoms with E-state index < -0.39 is 30.3 Å². The molecule has 2 aliphatic rings. The zero-order chi connectivity index (χ0) is 22.0. The molecular formula is C22H20N4O5. The van der Waals surface area contributed by atoms with Crippen LogP contribution in [0, 0.1) is 0 Å². The fourth-order valence-electron chi connectivity index (χ4n) is 3.65. The minimum atomic E-state index is -1.04. The second-order valence-corrected chi connectivity index (χ2v) is 7.27. The number of urea groups is 1. The third-order valence-corrected chi connectivity index (χ3v) is 5.16. The van der Waals surface area contributed by atoms with E-state index in [0.717, 1.165) is 11.3 Å². The summed E-state index contributed by atoms with van der Waals surface area (Å²) < 4.78 is 0. The first-order valence-electron chi connectivity index (χ1n) is 9.86. The number of carbonyl (C=O) groups is 5. The maximum absolute atomic E-state index is 12.6. The topological polar surface area (TPSA) is 107 Å². The molecule has 158 valence electrons. The number of carbonyl (C=O) groups excluding carboxylic acids is 5. The summed E-state index contributed by atoms with van der Waals surface area (Å²) in [6.45, 7) is -0.100. The van der Waals surface area contributed by atoms with Gasteiger partial charge in [-0.2, -0.15) is 0 Å². The van der Waals surface area contributed by atoms with Crippen LogP contribution in [0.25, 0.3) is 0 Å². The van der Waals surface area contributed by atoms with E-state index in [1.54, 1.807) is 59.5 Å². The quantitative estimate of drug-likeness (QED) is 0.566. The third-order valence-electron chi connectivity index (χ3n) is 5.16. The van der Waals surface area contributed by atoms with Gasteiger partial charge in [-0.05, 0) is 24.1 Å².